The highest BCUT2D eigenvalue weighted by molar-refractivity contribution is 5.47. The van der Waals surface area contributed by atoms with Gasteiger partial charge in [-0.1, -0.05) is 44.9 Å². The van der Waals surface area contributed by atoms with Crippen molar-refractivity contribution in [2.75, 3.05) is 18.5 Å². The molecule has 3 heteroatoms. The molecule has 0 bridgehead atoms. The molecule has 0 fully saturated rings. The summed E-state index contributed by atoms with van der Waals surface area (Å²) in [7, 11) is 0. The van der Waals surface area contributed by atoms with Crippen LogP contribution >= 0.6 is 0 Å². The molecule has 0 saturated heterocycles. The molecule has 0 radical (unpaired) electrons. The van der Waals surface area contributed by atoms with Crippen molar-refractivity contribution in [1.29, 1.82) is 0 Å². The lowest BCUT2D eigenvalue weighted by atomic mass is 10.2. The van der Waals surface area contributed by atoms with Gasteiger partial charge in [0, 0.05) is 17.8 Å². The highest BCUT2D eigenvalue weighted by Crippen LogP contribution is 2.21. The van der Waals surface area contributed by atoms with E-state index in [9.17, 15) is 0 Å². The zero-order valence-corrected chi connectivity index (χ0v) is 14.9. The number of para-hydroxylation sites is 1. The van der Waals surface area contributed by atoms with Crippen LogP contribution in [0.4, 0.5) is 5.69 Å². The van der Waals surface area contributed by atoms with Crippen LogP contribution < -0.4 is 14.8 Å². The van der Waals surface area contributed by atoms with Crippen molar-refractivity contribution in [1.82, 2.24) is 0 Å². The number of ether oxygens (including phenoxy) is 2. The fraction of sp³-hybridized carbons (Fsp3) is 0.429. The summed E-state index contributed by atoms with van der Waals surface area (Å²) in [6.07, 6.45) is 4.47. The zero-order chi connectivity index (χ0) is 17.0. The van der Waals surface area contributed by atoms with Crippen molar-refractivity contribution in [2.24, 2.45) is 0 Å². The fourth-order valence-corrected chi connectivity index (χ4v) is 2.32. The van der Waals surface area contributed by atoms with E-state index in [4.69, 9.17) is 9.47 Å². The average molecular weight is 327 g/mol. The van der Waals surface area contributed by atoms with Gasteiger partial charge in [0.2, 0.25) is 0 Å². The molecule has 130 valence electrons. The molecule has 0 saturated carbocycles. The number of rotatable bonds is 11. The molecule has 0 unspecified atom stereocenters. The summed E-state index contributed by atoms with van der Waals surface area (Å²) in [5.74, 6) is 1.90. The Morgan fingerprint density at radius 1 is 0.792 bits per heavy atom. The second kappa shape index (κ2) is 10.6. The van der Waals surface area contributed by atoms with Crippen LogP contribution in [0.3, 0.4) is 0 Å². The van der Waals surface area contributed by atoms with Gasteiger partial charge in [-0.25, -0.2) is 0 Å². The Morgan fingerprint density at radius 3 is 2.17 bits per heavy atom. The van der Waals surface area contributed by atoms with Crippen molar-refractivity contribution < 1.29 is 9.47 Å². The second-order valence-electron chi connectivity index (χ2n) is 5.89. The zero-order valence-electron chi connectivity index (χ0n) is 14.9. The predicted octanol–water partition coefficient (Wildman–Crippen LogP) is 5.66. The summed E-state index contributed by atoms with van der Waals surface area (Å²) in [4.78, 5) is 0. The summed E-state index contributed by atoms with van der Waals surface area (Å²) in [5.41, 5.74) is 2.26. The van der Waals surface area contributed by atoms with Gasteiger partial charge >= 0.3 is 0 Å². The first-order chi connectivity index (χ1) is 11.8. The largest absolute Gasteiger partial charge is 0.494 e. The van der Waals surface area contributed by atoms with E-state index in [1.807, 2.05) is 30.3 Å². The van der Waals surface area contributed by atoms with Crippen molar-refractivity contribution >= 4 is 5.69 Å². The first-order valence-electron chi connectivity index (χ1n) is 9.01. The minimum atomic E-state index is 0.748. The van der Waals surface area contributed by atoms with E-state index < -0.39 is 0 Å². The maximum absolute atomic E-state index is 5.88. The van der Waals surface area contributed by atoms with Gasteiger partial charge in [0.05, 0.1) is 13.2 Å². The van der Waals surface area contributed by atoms with Gasteiger partial charge in [-0.15, -0.1) is 0 Å². The first kappa shape index (κ1) is 18.2. The molecule has 2 aromatic carbocycles. The van der Waals surface area contributed by atoms with E-state index in [1.165, 1.54) is 5.56 Å². The summed E-state index contributed by atoms with van der Waals surface area (Å²) in [6.45, 7) is 6.65. The lowest BCUT2D eigenvalue weighted by molar-refractivity contribution is 0.306. The van der Waals surface area contributed by atoms with Crippen molar-refractivity contribution in [2.45, 2.75) is 46.1 Å². The maximum atomic E-state index is 5.88. The normalized spacial score (nSPS) is 10.4. The van der Waals surface area contributed by atoms with E-state index in [0.717, 1.165) is 62.6 Å². The quantitative estimate of drug-likeness (QED) is 0.540. The summed E-state index contributed by atoms with van der Waals surface area (Å²) in [6, 6.07) is 16.4. The number of hydrogen-bond donors (Lipinski definition) is 1. The Bertz CT molecular complexity index is 581. The molecule has 1 N–H and O–H groups in total. The Hall–Kier alpha value is -2.16. The number of unbranched alkanes of at least 4 members (excludes halogenated alkanes) is 2. The van der Waals surface area contributed by atoms with E-state index in [2.05, 4.69) is 37.4 Å². The first-order valence-corrected chi connectivity index (χ1v) is 9.01. The monoisotopic (exact) mass is 327 g/mol. The summed E-state index contributed by atoms with van der Waals surface area (Å²) < 4.78 is 11.6. The van der Waals surface area contributed by atoms with Crippen LogP contribution in [0.1, 0.15) is 45.1 Å². The van der Waals surface area contributed by atoms with Gasteiger partial charge < -0.3 is 14.8 Å². The summed E-state index contributed by atoms with van der Waals surface area (Å²) >= 11 is 0. The lowest BCUT2D eigenvalue weighted by Crippen LogP contribution is -2.04. The Kier molecular flexibility index (Phi) is 8.02. The highest BCUT2D eigenvalue weighted by atomic mass is 16.5. The summed E-state index contributed by atoms with van der Waals surface area (Å²) in [5, 5.41) is 3.45. The Labute approximate surface area is 146 Å². The van der Waals surface area contributed by atoms with Crippen molar-refractivity contribution in [3.63, 3.8) is 0 Å². The molecule has 0 aromatic heterocycles. The number of hydrogen-bond acceptors (Lipinski definition) is 3. The third-order valence-electron chi connectivity index (χ3n) is 3.83. The number of anilines is 1. The Balaban J connectivity index is 1.86. The smallest absolute Gasteiger partial charge is 0.124 e. The van der Waals surface area contributed by atoms with Gasteiger partial charge in [-0.05, 0) is 43.2 Å². The van der Waals surface area contributed by atoms with Crippen LogP contribution in [0.5, 0.6) is 11.5 Å². The molecule has 0 heterocycles. The minimum absolute atomic E-state index is 0.748. The highest BCUT2D eigenvalue weighted by Gasteiger charge is 2.03. The SMILES string of the molecule is CCCCOc1ccc(NCc2ccccc2OCCCC)cc1. The molecule has 2 rings (SSSR count). The molecule has 2 aromatic rings. The third-order valence-corrected chi connectivity index (χ3v) is 3.83. The van der Waals surface area contributed by atoms with Crippen molar-refractivity contribution in [3.8, 4) is 11.5 Å². The standard InChI is InChI=1S/C21H29NO2/c1-3-5-15-23-20-13-11-19(12-14-20)22-17-18-9-7-8-10-21(18)24-16-6-4-2/h7-14,22H,3-6,15-17H2,1-2H3. The average Bonchev–Trinajstić information content (AvgIpc) is 2.62. The molecule has 0 aliphatic rings. The minimum Gasteiger partial charge on any atom is -0.494 e. The van der Waals surface area contributed by atoms with Crippen LogP contribution in [0.25, 0.3) is 0 Å². The predicted molar refractivity (Wildman–Crippen MR) is 101 cm³/mol. The molecule has 0 aliphatic heterocycles. The molecule has 0 spiro atoms. The van der Waals surface area contributed by atoms with E-state index >= 15 is 0 Å². The van der Waals surface area contributed by atoms with Crippen LogP contribution in [-0.2, 0) is 6.54 Å². The van der Waals surface area contributed by atoms with Crippen LogP contribution in [0.15, 0.2) is 48.5 Å². The van der Waals surface area contributed by atoms with E-state index in [0.29, 0.717) is 0 Å². The molecule has 0 atom stereocenters. The maximum Gasteiger partial charge on any atom is 0.124 e. The van der Waals surface area contributed by atoms with Gasteiger partial charge in [0.15, 0.2) is 0 Å². The number of nitrogens with one attached hydrogen (secondary N) is 1. The van der Waals surface area contributed by atoms with Gasteiger partial charge in [-0.3, -0.25) is 0 Å². The van der Waals surface area contributed by atoms with E-state index in [-0.39, 0.29) is 0 Å². The third kappa shape index (κ3) is 6.15. The van der Waals surface area contributed by atoms with Gasteiger partial charge in [-0.2, -0.15) is 0 Å². The Morgan fingerprint density at radius 2 is 1.46 bits per heavy atom. The van der Waals surface area contributed by atoms with Crippen LogP contribution in [0.2, 0.25) is 0 Å². The topological polar surface area (TPSA) is 30.5 Å². The van der Waals surface area contributed by atoms with E-state index in [1.54, 1.807) is 0 Å². The van der Waals surface area contributed by atoms with Crippen molar-refractivity contribution in [3.05, 3.63) is 54.1 Å². The van der Waals surface area contributed by atoms with Crippen LogP contribution in [0, 0.1) is 0 Å². The molecule has 0 aliphatic carbocycles. The molecule has 3 nitrogen and oxygen atoms in total. The second-order valence-corrected chi connectivity index (χ2v) is 5.89. The number of benzene rings is 2. The molecule has 24 heavy (non-hydrogen) atoms. The molecule has 0 amide bonds. The molecular formula is C21H29NO2. The van der Waals surface area contributed by atoms with Gasteiger partial charge in [0.1, 0.15) is 11.5 Å². The fourth-order valence-electron chi connectivity index (χ4n) is 2.32. The van der Waals surface area contributed by atoms with Crippen LogP contribution in [-0.4, -0.2) is 13.2 Å². The molecular weight excluding hydrogens is 298 g/mol. The lowest BCUT2D eigenvalue weighted by Gasteiger charge is -2.13. The van der Waals surface area contributed by atoms with Gasteiger partial charge in [0.25, 0.3) is 0 Å².